The van der Waals surface area contributed by atoms with Gasteiger partial charge in [-0.2, -0.15) is 0 Å². The van der Waals surface area contributed by atoms with E-state index in [0.717, 1.165) is 6.92 Å². The highest BCUT2D eigenvalue weighted by Gasteiger charge is 2.23. The third-order valence-corrected chi connectivity index (χ3v) is 1.35. The summed E-state index contributed by atoms with van der Waals surface area (Å²) < 4.78 is 4.34. The van der Waals surface area contributed by atoms with Crippen molar-refractivity contribution >= 4 is 23.8 Å². The van der Waals surface area contributed by atoms with Crippen molar-refractivity contribution in [2.75, 3.05) is 6.61 Å². The van der Waals surface area contributed by atoms with Crippen molar-refractivity contribution in [3.63, 3.8) is 0 Å². The molecule has 0 saturated carbocycles. The molecule has 1 atom stereocenters. The van der Waals surface area contributed by atoms with Gasteiger partial charge in [-0.1, -0.05) is 0 Å². The van der Waals surface area contributed by atoms with Crippen LogP contribution >= 0.6 is 0 Å². The molecule has 0 fully saturated rings. The number of nitrogens with one attached hydrogen (secondary N) is 1. The van der Waals surface area contributed by atoms with E-state index in [0.29, 0.717) is 0 Å². The molecule has 0 spiro atoms. The van der Waals surface area contributed by atoms with Crippen molar-refractivity contribution in [2.45, 2.75) is 19.4 Å². The number of amides is 2. The third kappa shape index (κ3) is 5.70. The molecule has 0 aromatic rings. The van der Waals surface area contributed by atoms with Crippen LogP contribution in [0.25, 0.3) is 0 Å². The Kier molecular flexibility index (Phi) is 5.71. The summed E-state index contributed by atoms with van der Waals surface area (Å²) in [7, 11) is 0. The molecule has 8 heteroatoms. The van der Waals surface area contributed by atoms with E-state index < -0.39 is 42.9 Å². The number of aliphatic carboxylic acids is 1. The van der Waals surface area contributed by atoms with Crippen LogP contribution in [0.1, 0.15) is 13.3 Å². The highest BCUT2D eigenvalue weighted by atomic mass is 16.6. The maximum absolute atomic E-state index is 10.9. The highest BCUT2D eigenvalue weighted by molar-refractivity contribution is 6.35. The van der Waals surface area contributed by atoms with Gasteiger partial charge in [0.05, 0.1) is 13.0 Å². The van der Waals surface area contributed by atoms with Crippen molar-refractivity contribution in [2.24, 2.45) is 0 Å². The maximum atomic E-state index is 10.9. The SMILES string of the molecule is CC(=O)NC(=O)C(=O)OC(CO)CC(=O)O. The van der Waals surface area contributed by atoms with E-state index in [2.05, 4.69) is 4.74 Å². The minimum atomic E-state index is -1.42. The van der Waals surface area contributed by atoms with Crippen LogP contribution < -0.4 is 5.32 Å². The molecule has 0 bridgehead atoms. The van der Waals surface area contributed by atoms with Gasteiger partial charge < -0.3 is 14.9 Å². The average Bonchev–Trinajstić information content (AvgIpc) is 2.14. The Morgan fingerprint density at radius 1 is 1.31 bits per heavy atom. The third-order valence-electron chi connectivity index (χ3n) is 1.35. The fourth-order valence-corrected chi connectivity index (χ4v) is 0.754. The molecule has 0 saturated heterocycles. The summed E-state index contributed by atoms with van der Waals surface area (Å²) in [5.41, 5.74) is 0. The van der Waals surface area contributed by atoms with Gasteiger partial charge in [-0.25, -0.2) is 4.79 Å². The normalized spacial score (nSPS) is 11.4. The zero-order chi connectivity index (χ0) is 12.7. The predicted molar refractivity (Wildman–Crippen MR) is 48.0 cm³/mol. The van der Waals surface area contributed by atoms with E-state index in [1.165, 1.54) is 0 Å². The van der Waals surface area contributed by atoms with Gasteiger partial charge in [0.25, 0.3) is 0 Å². The Hall–Kier alpha value is -1.96. The zero-order valence-electron chi connectivity index (χ0n) is 8.43. The fraction of sp³-hybridized carbons (Fsp3) is 0.500. The lowest BCUT2D eigenvalue weighted by Gasteiger charge is -2.12. The smallest absolute Gasteiger partial charge is 0.397 e. The Morgan fingerprint density at radius 3 is 2.25 bits per heavy atom. The van der Waals surface area contributed by atoms with Gasteiger partial charge in [0.2, 0.25) is 5.91 Å². The van der Waals surface area contributed by atoms with E-state index in [1.54, 1.807) is 5.32 Å². The molecule has 0 aliphatic heterocycles. The number of ether oxygens (including phenoxy) is 1. The first kappa shape index (κ1) is 14.0. The molecule has 90 valence electrons. The second-order valence-electron chi connectivity index (χ2n) is 2.82. The molecule has 0 radical (unpaired) electrons. The molecule has 16 heavy (non-hydrogen) atoms. The van der Waals surface area contributed by atoms with E-state index >= 15 is 0 Å². The first-order valence-corrected chi connectivity index (χ1v) is 4.22. The molecule has 8 nitrogen and oxygen atoms in total. The molecule has 0 aliphatic rings. The second-order valence-corrected chi connectivity index (χ2v) is 2.82. The number of carboxylic acids is 1. The van der Waals surface area contributed by atoms with Gasteiger partial charge in [0.1, 0.15) is 6.10 Å². The standard InChI is InChI=1S/C8H11NO7/c1-4(11)9-7(14)8(15)16-5(3-10)2-6(12)13/h5,10H,2-3H2,1H3,(H,12,13)(H,9,11,14). The van der Waals surface area contributed by atoms with Gasteiger partial charge in [0.15, 0.2) is 0 Å². The molecule has 0 aliphatic carbocycles. The van der Waals surface area contributed by atoms with Gasteiger partial charge in [-0.3, -0.25) is 19.7 Å². The zero-order valence-corrected chi connectivity index (χ0v) is 8.43. The van der Waals surface area contributed by atoms with Crippen LogP contribution in [0.4, 0.5) is 0 Å². The van der Waals surface area contributed by atoms with Crippen molar-refractivity contribution in [1.29, 1.82) is 0 Å². The molecule has 0 aromatic heterocycles. The number of imide groups is 1. The topological polar surface area (TPSA) is 130 Å². The summed E-state index contributed by atoms with van der Waals surface area (Å²) in [5, 5.41) is 18.6. The summed E-state index contributed by atoms with van der Waals surface area (Å²) in [6.45, 7) is 0.289. The quantitative estimate of drug-likeness (QED) is 0.379. The lowest BCUT2D eigenvalue weighted by atomic mass is 10.3. The van der Waals surface area contributed by atoms with Gasteiger partial charge in [-0.15, -0.1) is 0 Å². The number of rotatable bonds is 4. The summed E-state index contributed by atoms with van der Waals surface area (Å²) in [6.07, 6.45) is -1.95. The number of carbonyl (C=O) groups is 4. The predicted octanol–water partition coefficient (Wildman–Crippen LogP) is -1.97. The van der Waals surface area contributed by atoms with E-state index in [1.807, 2.05) is 0 Å². The number of hydrogen-bond acceptors (Lipinski definition) is 6. The van der Waals surface area contributed by atoms with Crippen molar-refractivity contribution < 1.29 is 34.1 Å². The molecule has 0 heterocycles. The van der Waals surface area contributed by atoms with Crippen LogP contribution in [0.3, 0.4) is 0 Å². The van der Waals surface area contributed by atoms with Crippen LogP contribution in [0, 0.1) is 0 Å². The fourth-order valence-electron chi connectivity index (χ4n) is 0.754. The number of carbonyl (C=O) groups excluding carboxylic acids is 3. The Labute approximate surface area is 90.2 Å². The largest absolute Gasteiger partial charge is 0.481 e. The Balaban J connectivity index is 4.24. The van der Waals surface area contributed by atoms with Crippen molar-refractivity contribution in [3.05, 3.63) is 0 Å². The molecule has 1 unspecified atom stereocenters. The molecular formula is C8H11NO7. The Bertz CT molecular complexity index is 312. The number of carboxylic acid groups (broad SMARTS) is 1. The highest BCUT2D eigenvalue weighted by Crippen LogP contribution is 1.98. The molecule has 0 aromatic carbocycles. The van der Waals surface area contributed by atoms with Gasteiger partial charge in [0, 0.05) is 6.92 Å². The monoisotopic (exact) mass is 233 g/mol. The summed E-state index contributed by atoms with van der Waals surface area (Å²) >= 11 is 0. The number of esters is 1. The van der Waals surface area contributed by atoms with Crippen molar-refractivity contribution in [3.8, 4) is 0 Å². The van der Waals surface area contributed by atoms with Gasteiger partial charge in [-0.05, 0) is 0 Å². The molecular weight excluding hydrogens is 222 g/mol. The van der Waals surface area contributed by atoms with E-state index in [9.17, 15) is 19.2 Å². The van der Waals surface area contributed by atoms with Crippen LogP contribution in [-0.2, 0) is 23.9 Å². The minimum absolute atomic E-state index is 0.629. The lowest BCUT2D eigenvalue weighted by molar-refractivity contribution is -0.163. The van der Waals surface area contributed by atoms with Crippen LogP contribution in [0.5, 0.6) is 0 Å². The van der Waals surface area contributed by atoms with Crippen LogP contribution in [-0.4, -0.2) is 46.7 Å². The van der Waals surface area contributed by atoms with Crippen LogP contribution in [0.15, 0.2) is 0 Å². The average molecular weight is 233 g/mol. The van der Waals surface area contributed by atoms with Crippen LogP contribution in [0.2, 0.25) is 0 Å². The summed E-state index contributed by atoms with van der Waals surface area (Å²) in [6, 6.07) is 0. The minimum Gasteiger partial charge on any atom is -0.481 e. The van der Waals surface area contributed by atoms with E-state index in [-0.39, 0.29) is 0 Å². The lowest BCUT2D eigenvalue weighted by Crippen LogP contribution is -2.38. The molecule has 3 N–H and O–H groups in total. The number of aliphatic hydroxyl groups excluding tert-OH is 1. The van der Waals surface area contributed by atoms with Crippen molar-refractivity contribution in [1.82, 2.24) is 5.32 Å². The van der Waals surface area contributed by atoms with E-state index in [4.69, 9.17) is 10.2 Å². The first-order chi connectivity index (χ1) is 7.36. The van der Waals surface area contributed by atoms with Gasteiger partial charge >= 0.3 is 17.8 Å². The summed E-state index contributed by atoms with van der Waals surface area (Å²) in [4.78, 5) is 42.4. The number of hydrogen-bond donors (Lipinski definition) is 3. The molecule has 0 rings (SSSR count). The maximum Gasteiger partial charge on any atom is 0.397 e. The first-order valence-electron chi connectivity index (χ1n) is 4.22. The Morgan fingerprint density at radius 2 is 1.88 bits per heavy atom. The number of aliphatic hydroxyl groups is 1. The summed E-state index contributed by atoms with van der Waals surface area (Å²) in [5.74, 6) is -4.77. The second kappa shape index (κ2) is 6.51. The molecule has 2 amide bonds.